The van der Waals surface area contributed by atoms with E-state index < -0.39 is 12.7 Å². The van der Waals surface area contributed by atoms with Crippen LogP contribution in [0.25, 0.3) is 0 Å². The topological polar surface area (TPSA) is 75.9 Å². The van der Waals surface area contributed by atoms with E-state index >= 15 is 0 Å². The zero-order valence-corrected chi connectivity index (χ0v) is 16.2. The van der Waals surface area contributed by atoms with Crippen LogP contribution in [0.1, 0.15) is 36.3 Å². The largest absolute Gasteiger partial charge is 0.493 e. The summed E-state index contributed by atoms with van der Waals surface area (Å²) in [5, 5.41) is 14.1. The molecule has 0 radical (unpaired) electrons. The Morgan fingerprint density at radius 3 is 2.93 bits per heavy atom. The van der Waals surface area contributed by atoms with Crippen LogP contribution in [-0.2, 0) is 4.84 Å². The summed E-state index contributed by atoms with van der Waals surface area (Å²) in [6, 6.07) is 3.23. The molecule has 1 aromatic rings. The van der Waals surface area contributed by atoms with Gasteiger partial charge in [-0.2, -0.15) is 8.78 Å². The molecule has 0 spiro atoms. The minimum Gasteiger partial charge on any atom is -0.493 e. The summed E-state index contributed by atoms with van der Waals surface area (Å²) in [4.78, 5) is 12.1. The van der Waals surface area contributed by atoms with Gasteiger partial charge >= 0.3 is 6.61 Å². The molecule has 4 aliphatic rings. The van der Waals surface area contributed by atoms with Crippen LogP contribution in [0.15, 0.2) is 46.3 Å². The van der Waals surface area contributed by atoms with Crippen molar-refractivity contribution in [3.8, 4) is 11.5 Å². The van der Waals surface area contributed by atoms with Crippen molar-refractivity contribution in [1.29, 1.82) is 0 Å². The van der Waals surface area contributed by atoms with Crippen LogP contribution in [0.3, 0.4) is 0 Å². The average molecular weight is 417 g/mol. The van der Waals surface area contributed by atoms with E-state index in [1.807, 2.05) is 23.4 Å². The van der Waals surface area contributed by atoms with Gasteiger partial charge in [0.25, 0.3) is 0 Å². The molecule has 0 amide bonds. The van der Waals surface area contributed by atoms with E-state index in [4.69, 9.17) is 19.3 Å². The zero-order valence-electron chi connectivity index (χ0n) is 16.2. The highest BCUT2D eigenvalue weighted by Gasteiger charge is 2.38. The van der Waals surface area contributed by atoms with Crippen molar-refractivity contribution >= 4 is 12.1 Å². The summed E-state index contributed by atoms with van der Waals surface area (Å²) in [5.74, 6) is 0.792. The molecule has 5 rings (SSSR count). The van der Waals surface area contributed by atoms with E-state index in [1.54, 1.807) is 18.3 Å². The standard InChI is InChI=1S/C21H21F2N3O4/c1-28-18-8-15-13(7-19(18)29-21(22)23)14-6-12(27)2-3-16(14)25-20(15)26-5-4-17-11(10-26)9-24-30-17/h4-5,7-10,12,14,16-17,21,27H,2-3,6H2,1H3. The van der Waals surface area contributed by atoms with Crippen molar-refractivity contribution in [3.63, 3.8) is 0 Å². The Bertz CT molecular complexity index is 975. The van der Waals surface area contributed by atoms with Crippen LogP contribution in [-0.4, -0.2) is 54.0 Å². The number of alkyl halides is 2. The van der Waals surface area contributed by atoms with E-state index in [-0.39, 0.29) is 29.6 Å². The number of aliphatic hydroxyl groups excluding tert-OH is 1. The summed E-state index contributed by atoms with van der Waals surface area (Å²) in [5.41, 5.74) is 2.48. The third-order valence-electron chi connectivity index (χ3n) is 5.93. The van der Waals surface area contributed by atoms with E-state index in [0.717, 1.165) is 16.7 Å². The molecular weight excluding hydrogens is 396 g/mol. The highest BCUT2D eigenvalue weighted by molar-refractivity contribution is 6.04. The van der Waals surface area contributed by atoms with Gasteiger partial charge in [-0.3, -0.25) is 4.99 Å². The average Bonchev–Trinajstić information content (AvgIpc) is 3.20. The summed E-state index contributed by atoms with van der Waals surface area (Å²) in [7, 11) is 1.41. The molecule has 9 heteroatoms. The van der Waals surface area contributed by atoms with Crippen molar-refractivity contribution in [2.45, 2.75) is 50.0 Å². The molecule has 0 aromatic heterocycles. The van der Waals surface area contributed by atoms with Crippen molar-refractivity contribution < 1.29 is 28.2 Å². The first-order valence-electron chi connectivity index (χ1n) is 9.84. The summed E-state index contributed by atoms with van der Waals surface area (Å²) in [6.07, 6.45) is 8.54. The lowest BCUT2D eigenvalue weighted by atomic mass is 9.75. The number of aliphatic hydroxyl groups is 1. The zero-order chi connectivity index (χ0) is 20.8. The number of oxime groups is 1. The molecule has 0 saturated heterocycles. The van der Waals surface area contributed by atoms with Gasteiger partial charge in [-0.1, -0.05) is 5.16 Å². The number of ether oxygens (including phenoxy) is 2. The number of aliphatic imine (C=N–C) groups is 1. The van der Waals surface area contributed by atoms with Crippen molar-refractivity contribution in [2.24, 2.45) is 10.1 Å². The molecule has 1 N–H and O–H groups in total. The molecule has 0 bridgehead atoms. The van der Waals surface area contributed by atoms with Gasteiger partial charge in [0.2, 0.25) is 0 Å². The van der Waals surface area contributed by atoms with Gasteiger partial charge in [0.05, 0.1) is 25.5 Å². The molecule has 158 valence electrons. The maximum atomic E-state index is 13.0. The minimum atomic E-state index is -2.96. The first kappa shape index (κ1) is 19.0. The molecule has 4 unspecified atom stereocenters. The molecule has 1 aliphatic carbocycles. The SMILES string of the molecule is COc1cc2c(cc1OC(F)F)C1CC(O)CCC1N=C2N1C=CC2ON=CC2=C1. The third kappa shape index (κ3) is 3.23. The lowest BCUT2D eigenvalue weighted by Gasteiger charge is -2.39. The number of methoxy groups -OCH3 is 1. The third-order valence-corrected chi connectivity index (χ3v) is 5.93. The fraction of sp³-hybridized carbons (Fsp3) is 0.429. The van der Waals surface area contributed by atoms with E-state index in [0.29, 0.717) is 25.1 Å². The summed E-state index contributed by atoms with van der Waals surface area (Å²) < 4.78 is 36.0. The Balaban J connectivity index is 1.62. The molecule has 1 aromatic carbocycles. The molecule has 3 aliphatic heterocycles. The van der Waals surface area contributed by atoms with Crippen LogP contribution in [0.5, 0.6) is 11.5 Å². The van der Waals surface area contributed by atoms with Crippen LogP contribution in [0.4, 0.5) is 8.78 Å². The second-order valence-corrected chi connectivity index (χ2v) is 7.70. The number of hydrogen-bond acceptors (Lipinski definition) is 7. The fourth-order valence-electron chi connectivity index (χ4n) is 4.53. The van der Waals surface area contributed by atoms with Crippen molar-refractivity contribution in [1.82, 2.24) is 4.90 Å². The molecule has 1 saturated carbocycles. The number of rotatable bonds is 3. The second kappa shape index (κ2) is 7.39. The van der Waals surface area contributed by atoms with Crippen molar-refractivity contribution in [2.75, 3.05) is 7.11 Å². The Morgan fingerprint density at radius 2 is 2.13 bits per heavy atom. The minimum absolute atomic E-state index is 0.0183. The number of nitrogens with zero attached hydrogens (tertiary/aromatic N) is 3. The van der Waals surface area contributed by atoms with Gasteiger partial charge < -0.3 is 24.3 Å². The van der Waals surface area contributed by atoms with Gasteiger partial charge in [0.1, 0.15) is 5.84 Å². The van der Waals surface area contributed by atoms with Gasteiger partial charge in [-0.25, -0.2) is 0 Å². The number of benzene rings is 1. The second-order valence-electron chi connectivity index (χ2n) is 7.70. The molecule has 4 atom stereocenters. The fourth-order valence-corrected chi connectivity index (χ4v) is 4.53. The molecule has 1 fully saturated rings. The van der Waals surface area contributed by atoms with E-state index in [2.05, 4.69) is 5.16 Å². The van der Waals surface area contributed by atoms with E-state index in [9.17, 15) is 13.9 Å². The molecule has 30 heavy (non-hydrogen) atoms. The number of amidine groups is 1. The number of halogens is 2. The first-order valence-corrected chi connectivity index (χ1v) is 9.84. The lowest BCUT2D eigenvalue weighted by molar-refractivity contribution is -0.0513. The Kier molecular flexibility index (Phi) is 4.69. The highest BCUT2D eigenvalue weighted by Crippen LogP contribution is 2.45. The Morgan fingerprint density at radius 1 is 1.27 bits per heavy atom. The summed E-state index contributed by atoms with van der Waals surface area (Å²) >= 11 is 0. The molecular formula is C21H21F2N3O4. The maximum Gasteiger partial charge on any atom is 0.387 e. The smallest absolute Gasteiger partial charge is 0.387 e. The van der Waals surface area contributed by atoms with Gasteiger partial charge in [0.15, 0.2) is 17.6 Å². The molecule has 3 heterocycles. The number of hydrogen-bond donors (Lipinski definition) is 1. The van der Waals surface area contributed by atoms with Gasteiger partial charge in [0, 0.05) is 29.5 Å². The Hall–Kier alpha value is -2.94. The van der Waals surface area contributed by atoms with Crippen LogP contribution >= 0.6 is 0 Å². The normalized spacial score (nSPS) is 28.9. The molecule has 7 nitrogen and oxygen atoms in total. The van der Waals surface area contributed by atoms with Crippen LogP contribution in [0, 0.1) is 0 Å². The predicted octanol–water partition coefficient (Wildman–Crippen LogP) is 3.15. The van der Waals surface area contributed by atoms with Crippen LogP contribution in [0.2, 0.25) is 0 Å². The summed E-state index contributed by atoms with van der Waals surface area (Å²) in [6.45, 7) is -2.96. The van der Waals surface area contributed by atoms with Crippen LogP contribution < -0.4 is 9.47 Å². The monoisotopic (exact) mass is 417 g/mol. The Labute approximate surface area is 171 Å². The van der Waals surface area contributed by atoms with Crippen molar-refractivity contribution in [3.05, 3.63) is 47.3 Å². The number of fused-ring (bicyclic) bond motifs is 4. The van der Waals surface area contributed by atoms with Gasteiger partial charge in [-0.15, -0.1) is 0 Å². The van der Waals surface area contributed by atoms with E-state index in [1.165, 1.54) is 7.11 Å². The quantitative estimate of drug-likeness (QED) is 0.818. The first-order chi connectivity index (χ1) is 14.5. The maximum absolute atomic E-state index is 13.0. The predicted molar refractivity (Wildman–Crippen MR) is 105 cm³/mol. The lowest BCUT2D eigenvalue weighted by Crippen LogP contribution is -2.38. The highest BCUT2D eigenvalue weighted by atomic mass is 19.3. The van der Waals surface area contributed by atoms with Gasteiger partial charge in [-0.05, 0) is 43.0 Å².